The Bertz CT molecular complexity index is 392. The predicted molar refractivity (Wildman–Crippen MR) is 60.4 cm³/mol. The van der Waals surface area contributed by atoms with Gasteiger partial charge in [-0.1, -0.05) is 17.7 Å². The van der Waals surface area contributed by atoms with Crippen LogP contribution in [0.4, 0.5) is 4.39 Å². The van der Waals surface area contributed by atoms with E-state index in [2.05, 4.69) is 0 Å². The smallest absolute Gasteiger partial charge is 0.129 e. The SMILES string of the molecule is Cc1cc(C)c(F)c(C2(C(C)N)CC2)c1. The maximum absolute atomic E-state index is 14.0. The number of halogens is 1. The molecular formula is C13H18FN. The van der Waals surface area contributed by atoms with Crippen LogP contribution in [0.15, 0.2) is 12.1 Å². The normalized spacial score (nSPS) is 20.1. The highest BCUT2D eigenvalue weighted by Crippen LogP contribution is 2.51. The summed E-state index contributed by atoms with van der Waals surface area (Å²) in [4.78, 5) is 0. The highest BCUT2D eigenvalue weighted by atomic mass is 19.1. The first kappa shape index (κ1) is 10.6. The van der Waals surface area contributed by atoms with Crippen LogP contribution in [0.2, 0.25) is 0 Å². The van der Waals surface area contributed by atoms with Crippen molar-refractivity contribution < 1.29 is 4.39 Å². The molecule has 2 N–H and O–H groups in total. The van der Waals surface area contributed by atoms with Crippen LogP contribution in [0.25, 0.3) is 0 Å². The van der Waals surface area contributed by atoms with Crippen LogP contribution in [-0.4, -0.2) is 6.04 Å². The molecular weight excluding hydrogens is 189 g/mol. The summed E-state index contributed by atoms with van der Waals surface area (Å²) >= 11 is 0. The van der Waals surface area contributed by atoms with E-state index in [0.717, 1.165) is 29.5 Å². The van der Waals surface area contributed by atoms with Crippen molar-refractivity contribution in [1.29, 1.82) is 0 Å². The van der Waals surface area contributed by atoms with Crippen LogP contribution in [0, 0.1) is 19.7 Å². The molecule has 1 aliphatic rings. The van der Waals surface area contributed by atoms with E-state index in [4.69, 9.17) is 5.73 Å². The molecule has 1 aliphatic carbocycles. The second-order valence-electron chi connectivity index (χ2n) is 4.89. The molecule has 82 valence electrons. The van der Waals surface area contributed by atoms with Gasteiger partial charge < -0.3 is 5.73 Å². The van der Waals surface area contributed by atoms with Crippen LogP contribution >= 0.6 is 0 Å². The Morgan fingerprint density at radius 2 is 1.93 bits per heavy atom. The van der Waals surface area contributed by atoms with E-state index < -0.39 is 0 Å². The summed E-state index contributed by atoms with van der Waals surface area (Å²) in [5.41, 5.74) is 8.57. The first-order chi connectivity index (χ1) is 6.97. The fourth-order valence-corrected chi connectivity index (χ4v) is 2.42. The van der Waals surface area contributed by atoms with E-state index in [1.807, 2.05) is 32.9 Å². The summed E-state index contributed by atoms with van der Waals surface area (Å²) in [5, 5.41) is 0. The van der Waals surface area contributed by atoms with Crippen LogP contribution < -0.4 is 5.73 Å². The Balaban J connectivity index is 2.53. The monoisotopic (exact) mass is 207 g/mol. The van der Waals surface area contributed by atoms with Crippen molar-refractivity contribution in [1.82, 2.24) is 0 Å². The number of aryl methyl sites for hydroxylation is 2. The lowest BCUT2D eigenvalue weighted by atomic mass is 9.87. The van der Waals surface area contributed by atoms with Gasteiger partial charge >= 0.3 is 0 Å². The van der Waals surface area contributed by atoms with E-state index in [1.54, 1.807) is 0 Å². The molecule has 2 rings (SSSR count). The molecule has 1 atom stereocenters. The molecule has 1 unspecified atom stereocenters. The number of benzene rings is 1. The van der Waals surface area contributed by atoms with Gasteiger partial charge in [0.2, 0.25) is 0 Å². The average molecular weight is 207 g/mol. The van der Waals surface area contributed by atoms with Gasteiger partial charge in [-0.3, -0.25) is 0 Å². The van der Waals surface area contributed by atoms with E-state index in [1.165, 1.54) is 0 Å². The van der Waals surface area contributed by atoms with Gasteiger partial charge in [-0.15, -0.1) is 0 Å². The van der Waals surface area contributed by atoms with E-state index in [0.29, 0.717) is 0 Å². The molecule has 0 aliphatic heterocycles. The van der Waals surface area contributed by atoms with Gasteiger partial charge in [-0.25, -0.2) is 4.39 Å². The Hall–Kier alpha value is -0.890. The minimum Gasteiger partial charge on any atom is -0.327 e. The molecule has 0 radical (unpaired) electrons. The molecule has 1 aromatic rings. The molecule has 0 heterocycles. The van der Waals surface area contributed by atoms with Crippen molar-refractivity contribution in [3.8, 4) is 0 Å². The zero-order valence-corrected chi connectivity index (χ0v) is 9.60. The van der Waals surface area contributed by atoms with Gasteiger partial charge in [0.05, 0.1) is 0 Å². The minimum absolute atomic E-state index is 0.0354. The second-order valence-corrected chi connectivity index (χ2v) is 4.89. The van der Waals surface area contributed by atoms with Gasteiger partial charge in [-0.2, -0.15) is 0 Å². The highest BCUT2D eigenvalue weighted by Gasteiger charge is 2.49. The van der Waals surface area contributed by atoms with Crippen molar-refractivity contribution in [2.75, 3.05) is 0 Å². The summed E-state index contributed by atoms with van der Waals surface area (Å²) in [7, 11) is 0. The van der Waals surface area contributed by atoms with Crippen molar-refractivity contribution in [2.24, 2.45) is 5.73 Å². The molecule has 0 aromatic heterocycles. The van der Waals surface area contributed by atoms with Gasteiger partial charge in [0.15, 0.2) is 0 Å². The number of nitrogens with two attached hydrogens (primary N) is 1. The molecule has 15 heavy (non-hydrogen) atoms. The zero-order valence-electron chi connectivity index (χ0n) is 9.60. The van der Waals surface area contributed by atoms with Crippen LogP contribution in [-0.2, 0) is 5.41 Å². The maximum Gasteiger partial charge on any atom is 0.129 e. The summed E-state index contributed by atoms with van der Waals surface area (Å²) in [6.07, 6.45) is 2.04. The lowest BCUT2D eigenvalue weighted by molar-refractivity contribution is 0.508. The molecule has 0 bridgehead atoms. The fraction of sp³-hybridized carbons (Fsp3) is 0.538. The Kier molecular flexibility index (Phi) is 2.34. The van der Waals surface area contributed by atoms with Crippen molar-refractivity contribution in [2.45, 2.75) is 45.1 Å². The summed E-state index contributed by atoms with van der Waals surface area (Å²) < 4.78 is 14.0. The van der Waals surface area contributed by atoms with E-state index in [-0.39, 0.29) is 17.3 Å². The second kappa shape index (κ2) is 3.31. The van der Waals surface area contributed by atoms with Crippen LogP contribution in [0.3, 0.4) is 0 Å². The molecule has 0 spiro atoms. The molecule has 1 aromatic carbocycles. The number of rotatable bonds is 2. The average Bonchev–Trinajstić information content (AvgIpc) is 2.91. The quantitative estimate of drug-likeness (QED) is 0.793. The molecule has 1 saturated carbocycles. The van der Waals surface area contributed by atoms with Gasteiger partial charge in [0.25, 0.3) is 0 Å². The Morgan fingerprint density at radius 1 is 1.33 bits per heavy atom. The topological polar surface area (TPSA) is 26.0 Å². The number of hydrogen-bond donors (Lipinski definition) is 1. The molecule has 2 heteroatoms. The van der Waals surface area contributed by atoms with Gasteiger partial charge in [0.1, 0.15) is 5.82 Å². The van der Waals surface area contributed by atoms with Crippen LogP contribution in [0.1, 0.15) is 36.5 Å². The first-order valence-corrected chi connectivity index (χ1v) is 5.50. The number of hydrogen-bond acceptors (Lipinski definition) is 1. The lowest BCUT2D eigenvalue weighted by Crippen LogP contribution is -2.32. The van der Waals surface area contributed by atoms with E-state index >= 15 is 0 Å². The van der Waals surface area contributed by atoms with Crippen molar-refractivity contribution >= 4 is 0 Å². The first-order valence-electron chi connectivity index (χ1n) is 5.50. The van der Waals surface area contributed by atoms with Gasteiger partial charge in [0, 0.05) is 11.5 Å². The lowest BCUT2D eigenvalue weighted by Gasteiger charge is -2.22. The molecule has 0 saturated heterocycles. The molecule has 1 fully saturated rings. The maximum atomic E-state index is 14.0. The van der Waals surface area contributed by atoms with Crippen molar-refractivity contribution in [3.05, 3.63) is 34.6 Å². The van der Waals surface area contributed by atoms with Gasteiger partial charge in [-0.05, 0) is 44.7 Å². The van der Waals surface area contributed by atoms with Crippen LogP contribution in [0.5, 0.6) is 0 Å². The fourth-order valence-electron chi connectivity index (χ4n) is 2.42. The third-order valence-corrected chi connectivity index (χ3v) is 3.60. The predicted octanol–water partition coefficient (Wildman–Crippen LogP) is 2.82. The summed E-state index contributed by atoms with van der Waals surface area (Å²) in [6.45, 7) is 5.81. The van der Waals surface area contributed by atoms with Crippen molar-refractivity contribution in [3.63, 3.8) is 0 Å². The summed E-state index contributed by atoms with van der Waals surface area (Å²) in [5.74, 6) is -0.0598. The van der Waals surface area contributed by atoms with E-state index in [9.17, 15) is 4.39 Å². The largest absolute Gasteiger partial charge is 0.327 e. The molecule has 1 nitrogen and oxygen atoms in total. The molecule has 0 amide bonds. The third-order valence-electron chi connectivity index (χ3n) is 3.60. The Morgan fingerprint density at radius 3 is 2.40 bits per heavy atom. The standard InChI is InChI=1S/C13H18FN/c1-8-6-9(2)12(14)11(7-8)13(4-5-13)10(3)15/h6-7,10H,4-5,15H2,1-3H3. The third kappa shape index (κ3) is 1.57. The minimum atomic E-state index is -0.0825. The highest BCUT2D eigenvalue weighted by molar-refractivity contribution is 5.40. The zero-order chi connectivity index (χ0) is 11.2. The summed E-state index contributed by atoms with van der Waals surface area (Å²) in [6, 6.07) is 3.88. The Labute approximate surface area is 90.5 Å².